The van der Waals surface area contributed by atoms with Crippen LogP contribution in [-0.4, -0.2) is 20.7 Å². The second-order valence-electron chi connectivity index (χ2n) is 3.06. The Morgan fingerprint density at radius 3 is 2.60 bits per heavy atom. The second kappa shape index (κ2) is 4.53. The van der Waals surface area contributed by atoms with Crippen LogP contribution in [0.3, 0.4) is 0 Å². The van der Waals surface area contributed by atoms with Crippen LogP contribution in [0.4, 0.5) is 13.2 Å². The van der Waals surface area contributed by atoms with Crippen LogP contribution in [0.5, 0.6) is 5.75 Å². The zero-order chi connectivity index (χ0) is 11.5. The van der Waals surface area contributed by atoms with E-state index in [0.29, 0.717) is 0 Å². The zero-order valence-electron chi connectivity index (χ0n) is 8.48. The molecule has 0 atom stereocenters. The molecule has 0 fully saturated rings. The van der Waals surface area contributed by atoms with Crippen molar-refractivity contribution < 1.29 is 17.9 Å². The SMILES string of the molecule is CNCC(F)(F)c1cccc(F)c1OC. The van der Waals surface area contributed by atoms with Gasteiger partial charge in [0, 0.05) is 0 Å². The Labute approximate surface area is 86.1 Å². The molecule has 0 radical (unpaired) electrons. The molecule has 0 amide bonds. The van der Waals surface area contributed by atoms with E-state index in [9.17, 15) is 13.2 Å². The minimum Gasteiger partial charge on any atom is -0.493 e. The van der Waals surface area contributed by atoms with Crippen molar-refractivity contribution in [2.45, 2.75) is 5.92 Å². The van der Waals surface area contributed by atoms with E-state index < -0.39 is 29.6 Å². The summed E-state index contributed by atoms with van der Waals surface area (Å²) in [6, 6.07) is 3.47. The lowest BCUT2D eigenvalue weighted by atomic mass is 10.1. The summed E-state index contributed by atoms with van der Waals surface area (Å²) in [5, 5.41) is 2.35. The number of alkyl halides is 2. The van der Waals surface area contributed by atoms with Gasteiger partial charge < -0.3 is 10.1 Å². The van der Waals surface area contributed by atoms with Crippen LogP contribution in [0.2, 0.25) is 0 Å². The molecule has 0 bridgehead atoms. The highest BCUT2D eigenvalue weighted by molar-refractivity contribution is 5.38. The van der Waals surface area contributed by atoms with Crippen molar-refractivity contribution in [1.29, 1.82) is 0 Å². The Balaban J connectivity index is 3.18. The first-order chi connectivity index (χ1) is 7.03. The Morgan fingerprint density at radius 2 is 2.07 bits per heavy atom. The summed E-state index contributed by atoms with van der Waals surface area (Å²) in [4.78, 5) is 0. The van der Waals surface area contributed by atoms with E-state index in [2.05, 4.69) is 10.1 Å². The van der Waals surface area contributed by atoms with Crippen molar-refractivity contribution in [3.8, 4) is 5.75 Å². The Kier molecular flexibility index (Phi) is 3.57. The highest BCUT2D eigenvalue weighted by Gasteiger charge is 2.34. The van der Waals surface area contributed by atoms with E-state index in [0.717, 1.165) is 19.2 Å². The van der Waals surface area contributed by atoms with E-state index in [1.165, 1.54) is 13.1 Å². The summed E-state index contributed by atoms with van der Waals surface area (Å²) >= 11 is 0. The van der Waals surface area contributed by atoms with Crippen LogP contribution < -0.4 is 10.1 Å². The first-order valence-electron chi connectivity index (χ1n) is 4.38. The highest BCUT2D eigenvalue weighted by Crippen LogP contribution is 2.35. The number of benzene rings is 1. The third kappa shape index (κ3) is 2.41. The number of halogens is 3. The van der Waals surface area contributed by atoms with Crippen molar-refractivity contribution in [3.05, 3.63) is 29.6 Å². The van der Waals surface area contributed by atoms with Gasteiger partial charge in [-0.1, -0.05) is 6.07 Å². The van der Waals surface area contributed by atoms with Gasteiger partial charge in [-0.25, -0.2) is 4.39 Å². The Bertz CT molecular complexity index is 341. The fourth-order valence-electron chi connectivity index (χ4n) is 1.32. The average molecular weight is 219 g/mol. The molecule has 0 saturated carbocycles. The van der Waals surface area contributed by atoms with Crippen LogP contribution in [-0.2, 0) is 5.92 Å². The fourth-order valence-corrected chi connectivity index (χ4v) is 1.32. The minimum absolute atomic E-state index is 0.405. The third-order valence-corrected chi connectivity index (χ3v) is 1.96. The van der Waals surface area contributed by atoms with Gasteiger partial charge in [0.05, 0.1) is 19.2 Å². The number of likely N-dealkylation sites (N-methyl/N-ethyl adjacent to an activating group) is 1. The molecule has 5 heteroatoms. The normalized spacial score (nSPS) is 11.5. The maximum atomic E-state index is 13.5. The molecule has 15 heavy (non-hydrogen) atoms. The van der Waals surface area contributed by atoms with Crippen molar-refractivity contribution in [2.75, 3.05) is 20.7 Å². The highest BCUT2D eigenvalue weighted by atomic mass is 19.3. The molecule has 0 aliphatic rings. The molecule has 2 nitrogen and oxygen atoms in total. The van der Waals surface area contributed by atoms with Gasteiger partial charge >= 0.3 is 0 Å². The fraction of sp³-hybridized carbons (Fsp3) is 0.400. The van der Waals surface area contributed by atoms with Crippen LogP contribution in [0.15, 0.2) is 18.2 Å². The van der Waals surface area contributed by atoms with Crippen molar-refractivity contribution in [2.24, 2.45) is 0 Å². The predicted molar refractivity (Wildman–Crippen MR) is 50.8 cm³/mol. The molecule has 0 aliphatic carbocycles. The molecule has 1 N–H and O–H groups in total. The maximum Gasteiger partial charge on any atom is 0.289 e. The molecule has 1 aromatic carbocycles. The smallest absolute Gasteiger partial charge is 0.289 e. The maximum absolute atomic E-state index is 13.5. The number of hydrogen-bond donors (Lipinski definition) is 1. The molecule has 0 heterocycles. The largest absolute Gasteiger partial charge is 0.493 e. The monoisotopic (exact) mass is 219 g/mol. The van der Waals surface area contributed by atoms with Gasteiger partial charge in [-0.3, -0.25) is 0 Å². The first kappa shape index (κ1) is 11.8. The quantitative estimate of drug-likeness (QED) is 0.837. The molecule has 0 spiro atoms. The van der Waals surface area contributed by atoms with Crippen molar-refractivity contribution in [1.82, 2.24) is 5.32 Å². The Hall–Kier alpha value is -1.23. The predicted octanol–water partition coefficient (Wildman–Crippen LogP) is 2.15. The van der Waals surface area contributed by atoms with Crippen molar-refractivity contribution in [3.63, 3.8) is 0 Å². The van der Waals surface area contributed by atoms with Gasteiger partial charge in [0.25, 0.3) is 5.92 Å². The third-order valence-electron chi connectivity index (χ3n) is 1.96. The topological polar surface area (TPSA) is 21.3 Å². The lowest BCUT2D eigenvalue weighted by Gasteiger charge is -2.19. The van der Waals surface area contributed by atoms with Gasteiger partial charge in [-0.2, -0.15) is 8.78 Å². The van der Waals surface area contributed by atoms with E-state index in [1.807, 2.05) is 0 Å². The molecule has 0 unspecified atom stereocenters. The standard InChI is InChI=1S/C10H12F3NO/c1-14-6-10(12,13)7-4-3-5-8(11)9(7)15-2/h3-5,14H,6H2,1-2H3. The lowest BCUT2D eigenvalue weighted by Crippen LogP contribution is -2.28. The zero-order valence-corrected chi connectivity index (χ0v) is 8.48. The van der Waals surface area contributed by atoms with E-state index in [4.69, 9.17) is 0 Å². The lowest BCUT2D eigenvalue weighted by molar-refractivity contribution is -0.00388. The first-order valence-corrected chi connectivity index (χ1v) is 4.38. The number of methoxy groups -OCH3 is 1. The van der Waals surface area contributed by atoms with Gasteiger partial charge in [0.1, 0.15) is 0 Å². The minimum atomic E-state index is -3.15. The number of rotatable bonds is 4. The molecule has 0 aromatic heterocycles. The number of hydrogen-bond acceptors (Lipinski definition) is 2. The summed E-state index contributed by atoms with van der Waals surface area (Å²) in [5.41, 5.74) is -0.445. The molecular formula is C10H12F3NO. The van der Waals surface area contributed by atoms with E-state index in [1.54, 1.807) is 0 Å². The summed E-state index contributed by atoms with van der Waals surface area (Å²) < 4.78 is 44.7. The number of para-hydroxylation sites is 1. The summed E-state index contributed by atoms with van der Waals surface area (Å²) in [7, 11) is 2.57. The molecule has 0 saturated heterocycles. The Morgan fingerprint density at radius 1 is 1.40 bits per heavy atom. The number of nitrogens with one attached hydrogen (secondary N) is 1. The molecule has 1 rings (SSSR count). The molecule has 84 valence electrons. The molecule has 0 aliphatic heterocycles. The van der Waals surface area contributed by atoms with Crippen molar-refractivity contribution >= 4 is 0 Å². The van der Waals surface area contributed by atoms with E-state index >= 15 is 0 Å². The van der Waals surface area contributed by atoms with Gasteiger partial charge in [0.2, 0.25) is 0 Å². The number of ether oxygens (including phenoxy) is 1. The summed E-state index contributed by atoms with van der Waals surface area (Å²) in [5.74, 6) is -4.34. The molecule has 1 aromatic rings. The van der Waals surface area contributed by atoms with Crippen LogP contribution >= 0.6 is 0 Å². The van der Waals surface area contributed by atoms with Gasteiger partial charge in [-0.15, -0.1) is 0 Å². The van der Waals surface area contributed by atoms with Crippen LogP contribution in [0, 0.1) is 5.82 Å². The van der Waals surface area contributed by atoms with Crippen LogP contribution in [0.1, 0.15) is 5.56 Å². The van der Waals surface area contributed by atoms with E-state index in [-0.39, 0.29) is 0 Å². The van der Waals surface area contributed by atoms with Gasteiger partial charge in [0.15, 0.2) is 11.6 Å². The summed E-state index contributed by atoms with van der Waals surface area (Å²) in [6.07, 6.45) is 0. The van der Waals surface area contributed by atoms with Gasteiger partial charge in [-0.05, 0) is 19.2 Å². The second-order valence-corrected chi connectivity index (χ2v) is 3.06. The summed E-state index contributed by atoms with van der Waals surface area (Å²) in [6.45, 7) is -0.563. The average Bonchev–Trinajstić information content (AvgIpc) is 2.17. The molecular weight excluding hydrogens is 207 g/mol. The van der Waals surface area contributed by atoms with Crippen LogP contribution in [0.25, 0.3) is 0 Å².